The summed E-state index contributed by atoms with van der Waals surface area (Å²) < 4.78 is 17.6. The first-order valence-corrected chi connectivity index (χ1v) is 31.4. The molecule has 0 aromatic heterocycles. The van der Waals surface area contributed by atoms with Crippen LogP contribution in [0.3, 0.4) is 0 Å². The van der Waals surface area contributed by atoms with Gasteiger partial charge >= 0.3 is 5.97 Å². The number of carbonyl (C=O) groups excluding carboxylic acids is 2. The number of hydrogen-bond acceptors (Lipinski definition) is 10. The number of hydrogen-bond donors (Lipinski definition) is 6. The molecule has 8 unspecified atom stereocenters. The summed E-state index contributed by atoms with van der Waals surface area (Å²) in [4.78, 5) is 26.5. The molecule has 6 N–H and O–H groups in total. The van der Waals surface area contributed by atoms with Gasteiger partial charge in [-0.2, -0.15) is 0 Å². The van der Waals surface area contributed by atoms with Crippen molar-refractivity contribution in [3.05, 3.63) is 85.1 Å². The Morgan fingerprint density at radius 2 is 0.935 bits per heavy atom. The lowest BCUT2D eigenvalue weighted by Gasteiger charge is -2.41. The van der Waals surface area contributed by atoms with Gasteiger partial charge in [-0.05, 0) is 77.0 Å². The van der Waals surface area contributed by atoms with E-state index in [4.69, 9.17) is 14.2 Å². The second-order valence-electron chi connectivity index (χ2n) is 21.4. The maximum atomic E-state index is 13.4. The summed E-state index contributed by atoms with van der Waals surface area (Å²) >= 11 is 0. The molecule has 1 aliphatic heterocycles. The van der Waals surface area contributed by atoms with Crippen LogP contribution in [0.25, 0.3) is 0 Å². The molecule has 0 radical (unpaired) electrons. The quantitative estimate of drug-likeness (QED) is 0.0195. The first-order chi connectivity index (χ1) is 37.7. The average molecular weight is 1080 g/mol. The van der Waals surface area contributed by atoms with Crippen molar-refractivity contribution >= 4 is 11.9 Å². The molecule has 1 aliphatic rings. The fraction of sp³-hybridized carbons (Fsp3) is 0.758. The van der Waals surface area contributed by atoms with Gasteiger partial charge in [-0.25, -0.2) is 0 Å². The highest BCUT2D eigenvalue weighted by atomic mass is 16.7. The Bertz CT molecular complexity index is 1570. The second kappa shape index (κ2) is 53.5. The zero-order chi connectivity index (χ0) is 56.1. The van der Waals surface area contributed by atoms with E-state index < -0.39 is 67.4 Å². The molecule has 77 heavy (non-hydrogen) atoms. The maximum Gasteiger partial charge on any atom is 0.306 e. The van der Waals surface area contributed by atoms with Crippen LogP contribution >= 0.6 is 0 Å². The van der Waals surface area contributed by atoms with Gasteiger partial charge in [0.05, 0.1) is 25.4 Å². The monoisotopic (exact) mass is 1080 g/mol. The number of allylic oxidation sites excluding steroid dienone is 13. The molecule has 11 heteroatoms. The number of aliphatic hydroxyl groups is 5. The van der Waals surface area contributed by atoms with Gasteiger partial charge in [0.2, 0.25) is 5.91 Å². The molecule has 1 fully saturated rings. The van der Waals surface area contributed by atoms with Gasteiger partial charge in [0.25, 0.3) is 0 Å². The molecule has 1 saturated heterocycles. The number of rotatable bonds is 52. The zero-order valence-electron chi connectivity index (χ0n) is 49.1. The molecule has 0 aromatic carbocycles. The van der Waals surface area contributed by atoms with Gasteiger partial charge in [0.1, 0.15) is 24.4 Å². The van der Waals surface area contributed by atoms with Crippen LogP contribution in [0, 0.1) is 0 Å². The average Bonchev–Trinajstić information content (AvgIpc) is 3.43. The van der Waals surface area contributed by atoms with E-state index in [0.717, 1.165) is 103 Å². The van der Waals surface area contributed by atoms with Crippen LogP contribution in [0.2, 0.25) is 0 Å². The van der Waals surface area contributed by atoms with Gasteiger partial charge in [-0.3, -0.25) is 9.59 Å². The van der Waals surface area contributed by atoms with E-state index in [1.165, 1.54) is 109 Å². The standard InChI is InChI=1S/C66H115NO10/c1-4-7-10-13-16-19-22-25-26-27-28-29-30-31-32-33-34-36-39-42-45-48-51-54-61(71)77-64-63(73)62(72)60(55-68)76-66(64)75-56-57(58(69)52-49-46-43-40-38-35-23-20-17-14-11-8-5-2)67-65(74)59(70)53-50-47-44-41-37-24-21-18-15-12-9-6-3/h7,10,16,19,25-26,28-29,31-32,34,36,49,52,57-60,62-64,66,68-70,72-73H,4-6,8-9,11-15,17-18,20-24,27,30,33,35,37-48,50-51,53-56H2,1-3H3,(H,67,74)/b10-7-,19-16-,26-25-,29-28-,32-31-,36-34-,52-49+. The van der Waals surface area contributed by atoms with Crippen molar-refractivity contribution in [2.75, 3.05) is 13.2 Å². The second-order valence-corrected chi connectivity index (χ2v) is 21.4. The SMILES string of the molecule is CC/C=C\C/C=C\C/C=C\C/C=C\C/C=C\C/C=C\CCCCCCC(=O)OC1C(OCC(NC(=O)C(O)CCCCCCCCCCCCCC)C(O)/C=C/CCCCCCCCCCCCC)OC(CO)C(O)C1O. The number of aliphatic hydroxyl groups excluding tert-OH is 5. The van der Waals surface area contributed by atoms with Crippen molar-refractivity contribution in [2.24, 2.45) is 0 Å². The number of unbranched alkanes of at least 4 members (excludes halogenated alkanes) is 26. The topological polar surface area (TPSA) is 175 Å². The van der Waals surface area contributed by atoms with E-state index in [-0.39, 0.29) is 19.4 Å². The lowest BCUT2D eigenvalue weighted by molar-refractivity contribution is -0.305. The molecule has 444 valence electrons. The summed E-state index contributed by atoms with van der Waals surface area (Å²) in [5.74, 6) is -1.22. The third kappa shape index (κ3) is 41.5. The minimum atomic E-state index is -1.63. The van der Waals surface area contributed by atoms with Crippen molar-refractivity contribution in [2.45, 2.75) is 307 Å². The predicted octanol–water partition coefficient (Wildman–Crippen LogP) is 14.9. The number of esters is 1. The van der Waals surface area contributed by atoms with Crippen LogP contribution in [0.15, 0.2) is 85.1 Å². The molecule has 1 rings (SSSR count). The largest absolute Gasteiger partial charge is 0.454 e. The normalized spacial score (nSPS) is 19.6. The highest BCUT2D eigenvalue weighted by Gasteiger charge is 2.47. The molecule has 0 aromatic rings. The Labute approximate surface area is 470 Å². The Morgan fingerprint density at radius 3 is 1.40 bits per heavy atom. The molecular formula is C66H115NO10. The fourth-order valence-electron chi connectivity index (χ4n) is 9.36. The minimum Gasteiger partial charge on any atom is -0.454 e. The molecular weight excluding hydrogens is 967 g/mol. The Hall–Kier alpha value is -3.16. The van der Waals surface area contributed by atoms with Gasteiger partial charge in [0, 0.05) is 6.42 Å². The van der Waals surface area contributed by atoms with Crippen LogP contribution in [-0.4, -0.2) is 99.6 Å². The van der Waals surface area contributed by atoms with Gasteiger partial charge < -0.3 is 45.1 Å². The van der Waals surface area contributed by atoms with Crippen molar-refractivity contribution in [1.29, 1.82) is 0 Å². The van der Waals surface area contributed by atoms with Crippen LogP contribution in [0.5, 0.6) is 0 Å². The summed E-state index contributed by atoms with van der Waals surface area (Å²) in [7, 11) is 0. The molecule has 0 saturated carbocycles. The van der Waals surface area contributed by atoms with Gasteiger partial charge in [0.15, 0.2) is 12.4 Å². The highest BCUT2D eigenvalue weighted by molar-refractivity contribution is 5.80. The van der Waals surface area contributed by atoms with E-state index in [2.05, 4.69) is 99.0 Å². The van der Waals surface area contributed by atoms with E-state index >= 15 is 0 Å². The van der Waals surface area contributed by atoms with E-state index in [1.54, 1.807) is 6.08 Å². The number of carbonyl (C=O) groups is 2. The van der Waals surface area contributed by atoms with Crippen molar-refractivity contribution < 1.29 is 49.3 Å². The molecule has 0 spiro atoms. The summed E-state index contributed by atoms with van der Waals surface area (Å²) in [6.07, 6.45) is 59.0. The van der Waals surface area contributed by atoms with E-state index in [9.17, 15) is 35.1 Å². The summed E-state index contributed by atoms with van der Waals surface area (Å²) in [5, 5.41) is 56.9. The Balaban J connectivity index is 2.67. The smallest absolute Gasteiger partial charge is 0.306 e. The third-order valence-corrected chi connectivity index (χ3v) is 14.3. The fourth-order valence-corrected chi connectivity index (χ4v) is 9.36. The predicted molar refractivity (Wildman–Crippen MR) is 319 cm³/mol. The minimum absolute atomic E-state index is 0.0910. The molecule has 0 bridgehead atoms. The first kappa shape index (κ1) is 71.9. The summed E-state index contributed by atoms with van der Waals surface area (Å²) in [5.41, 5.74) is 0. The molecule has 0 aliphatic carbocycles. The summed E-state index contributed by atoms with van der Waals surface area (Å²) in [6.45, 7) is 5.66. The van der Waals surface area contributed by atoms with Gasteiger partial charge in [-0.15, -0.1) is 0 Å². The van der Waals surface area contributed by atoms with Crippen LogP contribution in [0.4, 0.5) is 0 Å². The number of amides is 1. The molecule has 1 amide bonds. The number of nitrogens with one attached hydrogen (secondary N) is 1. The van der Waals surface area contributed by atoms with E-state index in [0.29, 0.717) is 12.8 Å². The Kier molecular flexibility index (Phi) is 49.9. The zero-order valence-corrected chi connectivity index (χ0v) is 49.1. The highest BCUT2D eigenvalue weighted by Crippen LogP contribution is 2.26. The third-order valence-electron chi connectivity index (χ3n) is 14.3. The van der Waals surface area contributed by atoms with E-state index in [1.807, 2.05) is 6.08 Å². The molecule has 8 atom stereocenters. The Morgan fingerprint density at radius 1 is 0.519 bits per heavy atom. The van der Waals surface area contributed by atoms with Gasteiger partial charge in [-0.1, -0.05) is 260 Å². The van der Waals surface area contributed by atoms with Crippen LogP contribution in [0.1, 0.15) is 258 Å². The molecule has 1 heterocycles. The van der Waals surface area contributed by atoms with Crippen LogP contribution < -0.4 is 5.32 Å². The molecule has 11 nitrogen and oxygen atoms in total. The lowest BCUT2D eigenvalue weighted by Crippen LogP contribution is -2.61. The van der Waals surface area contributed by atoms with Crippen molar-refractivity contribution in [3.8, 4) is 0 Å². The first-order valence-electron chi connectivity index (χ1n) is 31.4. The number of ether oxygens (including phenoxy) is 3. The van der Waals surface area contributed by atoms with Crippen molar-refractivity contribution in [1.82, 2.24) is 5.32 Å². The summed E-state index contributed by atoms with van der Waals surface area (Å²) in [6, 6.07) is -1.03. The van der Waals surface area contributed by atoms with Crippen molar-refractivity contribution in [3.63, 3.8) is 0 Å². The maximum absolute atomic E-state index is 13.4. The van der Waals surface area contributed by atoms with Crippen LogP contribution in [-0.2, 0) is 23.8 Å². The lowest BCUT2D eigenvalue weighted by atomic mass is 9.99.